The summed E-state index contributed by atoms with van der Waals surface area (Å²) in [5, 5.41) is 6.09. The molecule has 0 aromatic heterocycles. The van der Waals surface area contributed by atoms with Gasteiger partial charge in [0.1, 0.15) is 0 Å². The van der Waals surface area contributed by atoms with Gasteiger partial charge in [-0.15, -0.1) is 0 Å². The zero-order valence-electron chi connectivity index (χ0n) is 16.6. The first-order valence-electron chi connectivity index (χ1n) is 10.3. The van der Waals surface area contributed by atoms with Gasteiger partial charge in [-0.2, -0.15) is 0 Å². The van der Waals surface area contributed by atoms with Gasteiger partial charge >= 0.3 is 0 Å². The SMILES string of the molecule is CC(=O)NCCc1ccc(C(=O)N[C@@H](c2ccccc2)C2CCCCC2)cc1. The van der Waals surface area contributed by atoms with E-state index in [2.05, 4.69) is 22.8 Å². The van der Waals surface area contributed by atoms with E-state index in [4.69, 9.17) is 0 Å². The van der Waals surface area contributed by atoms with Gasteiger partial charge in [0.2, 0.25) is 5.91 Å². The summed E-state index contributed by atoms with van der Waals surface area (Å²) in [4.78, 5) is 23.9. The Balaban J connectivity index is 1.66. The second-order valence-corrected chi connectivity index (χ2v) is 7.69. The van der Waals surface area contributed by atoms with Crippen LogP contribution >= 0.6 is 0 Å². The fourth-order valence-electron chi connectivity index (χ4n) is 4.03. The van der Waals surface area contributed by atoms with E-state index in [1.54, 1.807) is 0 Å². The second-order valence-electron chi connectivity index (χ2n) is 7.69. The fourth-order valence-corrected chi connectivity index (χ4v) is 4.03. The number of carbonyl (C=O) groups is 2. The maximum atomic E-state index is 12.9. The summed E-state index contributed by atoms with van der Waals surface area (Å²) >= 11 is 0. The van der Waals surface area contributed by atoms with Crippen molar-refractivity contribution >= 4 is 11.8 Å². The third-order valence-corrected chi connectivity index (χ3v) is 5.57. The summed E-state index contributed by atoms with van der Waals surface area (Å²) in [6.45, 7) is 2.13. The first kappa shape index (κ1) is 20.1. The highest BCUT2D eigenvalue weighted by molar-refractivity contribution is 5.94. The smallest absolute Gasteiger partial charge is 0.251 e. The number of nitrogens with one attached hydrogen (secondary N) is 2. The number of rotatable bonds is 7. The summed E-state index contributed by atoms with van der Waals surface area (Å²) < 4.78 is 0. The monoisotopic (exact) mass is 378 g/mol. The molecule has 1 aliphatic rings. The van der Waals surface area contributed by atoms with E-state index in [0.717, 1.165) is 12.0 Å². The first-order chi connectivity index (χ1) is 13.6. The Labute approximate surface area is 167 Å². The molecular formula is C24H30N2O2. The van der Waals surface area contributed by atoms with Gasteiger partial charge in [0.05, 0.1) is 6.04 Å². The van der Waals surface area contributed by atoms with Crippen LogP contribution in [0.1, 0.15) is 66.6 Å². The molecule has 0 aliphatic heterocycles. The molecule has 0 radical (unpaired) electrons. The van der Waals surface area contributed by atoms with Gasteiger partial charge in [-0.05, 0) is 48.4 Å². The van der Waals surface area contributed by atoms with Crippen molar-refractivity contribution in [3.63, 3.8) is 0 Å². The van der Waals surface area contributed by atoms with Gasteiger partial charge in [-0.3, -0.25) is 9.59 Å². The lowest BCUT2D eigenvalue weighted by Crippen LogP contribution is -2.34. The first-order valence-corrected chi connectivity index (χ1v) is 10.3. The molecule has 28 heavy (non-hydrogen) atoms. The molecule has 2 amide bonds. The summed E-state index contributed by atoms with van der Waals surface area (Å²) in [5.74, 6) is 0.454. The van der Waals surface area contributed by atoms with Crippen molar-refractivity contribution in [2.45, 2.75) is 51.5 Å². The molecule has 1 fully saturated rings. The van der Waals surface area contributed by atoms with Gasteiger partial charge in [0.15, 0.2) is 0 Å². The molecule has 1 saturated carbocycles. The lowest BCUT2D eigenvalue weighted by Gasteiger charge is -2.31. The van der Waals surface area contributed by atoms with Crippen molar-refractivity contribution in [2.75, 3.05) is 6.54 Å². The zero-order valence-corrected chi connectivity index (χ0v) is 16.6. The number of carbonyl (C=O) groups excluding carboxylic acids is 2. The van der Waals surface area contributed by atoms with Crippen molar-refractivity contribution in [1.29, 1.82) is 0 Å². The molecule has 2 N–H and O–H groups in total. The van der Waals surface area contributed by atoms with E-state index < -0.39 is 0 Å². The van der Waals surface area contributed by atoms with Crippen LogP contribution in [0.25, 0.3) is 0 Å². The summed E-state index contributed by atoms with van der Waals surface area (Å²) in [6.07, 6.45) is 6.88. The van der Waals surface area contributed by atoms with Crippen LogP contribution in [0.5, 0.6) is 0 Å². The van der Waals surface area contributed by atoms with Crippen LogP contribution in [0.2, 0.25) is 0 Å². The van der Waals surface area contributed by atoms with Crippen LogP contribution in [0.4, 0.5) is 0 Å². The minimum atomic E-state index is -0.0225. The fraction of sp³-hybridized carbons (Fsp3) is 0.417. The second kappa shape index (κ2) is 10.1. The van der Waals surface area contributed by atoms with Crippen LogP contribution in [0.15, 0.2) is 54.6 Å². The predicted octanol–water partition coefficient (Wildman–Crippen LogP) is 4.42. The average molecular weight is 379 g/mol. The summed E-state index contributed by atoms with van der Waals surface area (Å²) in [6, 6.07) is 18.1. The van der Waals surface area contributed by atoms with E-state index in [1.165, 1.54) is 44.6 Å². The molecule has 1 atom stereocenters. The van der Waals surface area contributed by atoms with E-state index in [-0.39, 0.29) is 17.9 Å². The van der Waals surface area contributed by atoms with Crippen molar-refractivity contribution in [1.82, 2.24) is 10.6 Å². The Kier molecular flexibility index (Phi) is 7.24. The molecule has 4 heteroatoms. The van der Waals surface area contributed by atoms with Crippen LogP contribution < -0.4 is 10.6 Å². The Morgan fingerprint density at radius 2 is 1.64 bits per heavy atom. The molecule has 148 valence electrons. The molecule has 0 spiro atoms. The zero-order chi connectivity index (χ0) is 19.8. The normalized spacial score (nSPS) is 15.6. The maximum Gasteiger partial charge on any atom is 0.251 e. The molecular weight excluding hydrogens is 348 g/mol. The molecule has 0 unspecified atom stereocenters. The number of hydrogen-bond acceptors (Lipinski definition) is 2. The van der Waals surface area contributed by atoms with E-state index in [9.17, 15) is 9.59 Å². The molecule has 4 nitrogen and oxygen atoms in total. The topological polar surface area (TPSA) is 58.2 Å². The molecule has 0 heterocycles. The molecule has 0 bridgehead atoms. The van der Waals surface area contributed by atoms with Gasteiger partial charge in [0.25, 0.3) is 5.91 Å². The van der Waals surface area contributed by atoms with E-state index in [0.29, 0.717) is 18.0 Å². The number of benzene rings is 2. The third-order valence-electron chi connectivity index (χ3n) is 5.57. The van der Waals surface area contributed by atoms with Crippen molar-refractivity contribution in [2.24, 2.45) is 5.92 Å². The van der Waals surface area contributed by atoms with Gasteiger partial charge < -0.3 is 10.6 Å². The molecule has 1 aliphatic carbocycles. The standard InChI is InChI=1S/C24H30N2O2/c1-18(27)25-17-16-19-12-14-22(15-13-19)24(28)26-23(20-8-4-2-5-9-20)21-10-6-3-7-11-21/h2,4-5,8-9,12-15,21,23H,3,6-7,10-11,16-17H2,1H3,(H,25,27)(H,26,28)/t23-/m0/s1. The lowest BCUT2D eigenvalue weighted by molar-refractivity contribution is -0.118. The summed E-state index contributed by atoms with van der Waals surface area (Å²) in [7, 11) is 0. The van der Waals surface area contributed by atoms with E-state index in [1.807, 2.05) is 42.5 Å². The number of hydrogen-bond donors (Lipinski definition) is 2. The van der Waals surface area contributed by atoms with Crippen LogP contribution in [-0.4, -0.2) is 18.4 Å². The highest BCUT2D eigenvalue weighted by Gasteiger charge is 2.26. The Hall–Kier alpha value is -2.62. The number of amides is 2. The van der Waals surface area contributed by atoms with Gasteiger partial charge in [-0.1, -0.05) is 61.7 Å². The van der Waals surface area contributed by atoms with Crippen LogP contribution in [-0.2, 0) is 11.2 Å². The van der Waals surface area contributed by atoms with E-state index >= 15 is 0 Å². The molecule has 3 rings (SSSR count). The average Bonchev–Trinajstić information content (AvgIpc) is 2.73. The van der Waals surface area contributed by atoms with Crippen molar-refractivity contribution in [3.05, 3.63) is 71.3 Å². The van der Waals surface area contributed by atoms with Crippen LogP contribution in [0.3, 0.4) is 0 Å². The van der Waals surface area contributed by atoms with Crippen molar-refractivity contribution < 1.29 is 9.59 Å². The highest BCUT2D eigenvalue weighted by Crippen LogP contribution is 2.34. The Morgan fingerprint density at radius 3 is 2.29 bits per heavy atom. The minimum Gasteiger partial charge on any atom is -0.356 e. The van der Waals surface area contributed by atoms with Crippen LogP contribution in [0, 0.1) is 5.92 Å². The molecule has 2 aromatic carbocycles. The van der Waals surface area contributed by atoms with Gasteiger partial charge in [0, 0.05) is 19.0 Å². The quantitative estimate of drug-likeness (QED) is 0.749. The largest absolute Gasteiger partial charge is 0.356 e. The van der Waals surface area contributed by atoms with Crippen molar-refractivity contribution in [3.8, 4) is 0 Å². The molecule has 2 aromatic rings. The minimum absolute atomic E-state index is 0.0205. The third kappa shape index (κ3) is 5.69. The summed E-state index contributed by atoms with van der Waals surface area (Å²) in [5.41, 5.74) is 2.98. The Bertz CT molecular complexity index is 765. The lowest BCUT2D eigenvalue weighted by atomic mass is 9.81. The molecule has 0 saturated heterocycles. The maximum absolute atomic E-state index is 12.9. The Morgan fingerprint density at radius 1 is 0.964 bits per heavy atom. The highest BCUT2D eigenvalue weighted by atomic mass is 16.2. The van der Waals surface area contributed by atoms with Gasteiger partial charge in [-0.25, -0.2) is 0 Å². The predicted molar refractivity (Wildman–Crippen MR) is 112 cm³/mol.